The van der Waals surface area contributed by atoms with E-state index in [0.717, 1.165) is 0 Å². The second-order valence-electron chi connectivity index (χ2n) is 4.91. The summed E-state index contributed by atoms with van der Waals surface area (Å²) in [5, 5.41) is 13.2. The molecule has 0 spiro atoms. The molecule has 0 heterocycles. The third-order valence-electron chi connectivity index (χ3n) is 3.16. The van der Waals surface area contributed by atoms with Crippen LogP contribution in [0.5, 0.6) is 0 Å². The van der Waals surface area contributed by atoms with Crippen molar-refractivity contribution in [1.29, 1.82) is 0 Å². The van der Waals surface area contributed by atoms with Crippen LogP contribution in [0, 0.1) is 10.1 Å². The molecule has 0 aliphatic rings. The first-order valence-corrected chi connectivity index (χ1v) is 7.45. The number of hydrogen-bond donors (Lipinski definition) is 1. The summed E-state index contributed by atoms with van der Waals surface area (Å²) in [5.41, 5.74) is 0.611. The number of benzene rings is 2. The van der Waals surface area contributed by atoms with Crippen molar-refractivity contribution in [3.05, 3.63) is 69.8 Å². The maximum Gasteiger partial charge on any atom is 0.516 e. The summed E-state index contributed by atoms with van der Waals surface area (Å²) in [6, 6.07) is 10.7. The van der Waals surface area contributed by atoms with E-state index in [9.17, 15) is 24.5 Å². The molecule has 0 aliphatic heterocycles. The van der Waals surface area contributed by atoms with Crippen LogP contribution in [0.1, 0.15) is 27.6 Å². The number of rotatable bonds is 5. The number of hydrogen-bond acceptors (Lipinski definition) is 7. The van der Waals surface area contributed by atoms with Crippen LogP contribution in [-0.2, 0) is 9.47 Å². The Bertz CT molecular complexity index is 829. The van der Waals surface area contributed by atoms with Gasteiger partial charge in [-0.05, 0) is 43.3 Å². The Labute approximate surface area is 147 Å². The van der Waals surface area contributed by atoms with Gasteiger partial charge in [0.2, 0.25) is 0 Å². The van der Waals surface area contributed by atoms with Gasteiger partial charge in [0.15, 0.2) is 0 Å². The smallest absolute Gasteiger partial charge is 0.434 e. The topological polar surface area (TPSA) is 125 Å². The lowest BCUT2D eigenvalue weighted by Gasteiger charge is -2.06. The largest absolute Gasteiger partial charge is 0.516 e. The summed E-state index contributed by atoms with van der Waals surface area (Å²) in [7, 11) is 0. The molecule has 0 atom stereocenters. The van der Waals surface area contributed by atoms with Crippen molar-refractivity contribution in [2.24, 2.45) is 0 Å². The van der Waals surface area contributed by atoms with E-state index in [-0.39, 0.29) is 23.4 Å². The molecule has 2 aromatic rings. The van der Waals surface area contributed by atoms with Crippen molar-refractivity contribution in [1.82, 2.24) is 0 Å². The molecule has 9 heteroatoms. The van der Waals surface area contributed by atoms with E-state index in [0.29, 0.717) is 5.69 Å². The van der Waals surface area contributed by atoms with Gasteiger partial charge in [0.25, 0.3) is 11.6 Å². The van der Waals surface area contributed by atoms with Gasteiger partial charge in [-0.25, -0.2) is 9.59 Å². The van der Waals surface area contributed by atoms with Crippen LogP contribution in [0.3, 0.4) is 0 Å². The predicted molar refractivity (Wildman–Crippen MR) is 89.9 cm³/mol. The van der Waals surface area contributed by atoms with Gasteiger partial charge in [-0.3, -0.25) is 14.9 Å². The number of carbonyl (C=O) groups excluding carboxylic acids is 3. The van der Waals surface area contributed by atoms with Crippen molar-refractivity contribution in [3.63, 3.8) is 0 Å². The molecule has 0 bridgehead atoms. The first-order chi connectivity index (χ1) is 12.4. The fourth-order valence-electron chi connectivity index (χ4n) is 1.91. The Kier molecular flexibility index (Phi) is 5.99. The fourth-order valence-corrected chi connectivity index (χ4v) is 1.91. The molecule has 1 amide bonds. The zero-order valence-corrected chi connectivity index (χ0v) is 13.6. The lowest BCUT2D eigenvalue weighted by Crippen LogP contribution is -2.14. The van der Waals surface area contributed by atoms with E-state index in [4.69, 9.17) is 0 Å². The average molecular weight is 358 g/mol. The van der Waals surface area contributed by atoms with E-state index >= 15 is 0 Å². The maximum atomic E-state index is 12.1. The summed E-state index contributed by atoms with van der Waals surface area (Å²) in [4.78, 5) is 44.9. The van der Waals surface area contributed by atoms with Gasteiger partial charge in [0.05, 0.1) is 17.1 Å². The predicted octanol–water partition coefficient (Wildman–Crippen LogP) is 3.16. The summed E-state index contributed by atoms with van der Waals surface area (Å²) in [6.45, 7) is 1.66. The zero-order valence-electron chi connectivity index (χ0n) is 13.6. The number of esters is 1. The van der Waals surface area contributed by atoms with Gasteiger partial charge >= 0.3 is 12.1 Å². The van der Waals surface area contributed by atoms with Crippen LogP contribution in [0.4, 0.5) is 16.2 Å². The van der Waals surface area contributed by atoms with Crippen LogP contribution in [-0.4, -0.2) is 29.6 Å². The van der Waals surface area contributed by atoms with Crippen molar-refractivity contribution in [3.8, 4) is 0 Å². The van der Waals surface area contributed by atoms with E-state index in [1.807, 2.05) is 0 Å². The summed E-state index contributed by atoms with van der Waals surface area (Å²) < 4.78 is 8.96. The van der Waals surface area contributed by atoms with E-state index in [2.05, 4.69) is 14.8 Å². The Morgan fingerprint density at radius 2 is 1.58 bits per heavy atom. The second-order valence-corrected chi connectivity index (χ2v) is 4.91. The fraction of sp³-hybridized carbons (Fsp3) is 0.118. The summed E-state index contributed by atoms with van der Waals surface area (Å²) >= 11 is 0. The van der Waals surface area contributed by atoms with Gasteiger partial charge in [-0.2, -0.15) is 0 Å². The minimum atomic E-state index is -1.09. The van der Waals surface area contributed by atoms with E-state index in [1.54, 1.807) is 6.92 Å². The quantitative estimate of drug-likeness (QED) is 0.376. The second kappa shape index (κ2) is 8.38. The number of ether oxygens (including phenoxy) is 2. The highest BCUT2D eigenvalue weighted by Gasteiger charge is 2.14. The Hall–Kier alpha value is -3.75. The first kappa shape index (κ1) is 18.6. The van der Waals surface area contributed by atoms with Crippen molar-refractivity contribution in [2.45, 2.75) is 6.92 Å². The van der Waals surface area contributed by atoms with Crippen LogP contribution in [0.15, 0.2) is 48.5 Å². The van der Waals surface area contributed by atoms with Crippen LogP contribution in [0.25, 0.3) is 0 Å². The van der Waals surface area contributed by atoms with E-state index in [1.165, 1.54) is 48.5 Å². The van der Waals surface area contributed by atoms with Crippen molar-refractivity contribution < 1.29 is 28.8 Å². The molecule has 2 aromatic carbocycles. The summed E-state index contributed by atoms with van der Waals surface area (Å²) in [5.74, 6) is -1.35. The van der Waals surface area contributed by atoms with Crippen molar-refractivity contribution in [2.75, 3.05) is 11.9 Å². The molecule has 1 N–H and O–H groups in total. The monoisotopic (exact) mass is 358 g/mol. The lowest BCUT2D eigenvalue weighted by atomic mass is 10.1. The van der Waals surface area contributed by atoms with Gasteiger partial charge < -0.3 is 14.8 Å². The number of nitrogens with one attached hydrogen (secondary N) is 1. The minimum Gasteiger partial charge on any atom is -0.434 e. The number of nitro benzene ring substituents is 1. The van der Waals surface area contributed by atoms with Gasteiger partial charge in [0.1, 0.15) is 0 Å². The number of nitro groups is 1. The first-order valence-electron chi connectivity index (χ1n) is 7.45. The SMILES string of the molecule is CCOC(=O)OC(=O)c1ccc(NC(=O)c2ccc([N+](=O)[O-])cc2)cc1. The molecule has 0 aromatic heterocycles. The average Bonchev–Trinajstić information content (AvgIpc) is 2.62. The summed E-state index contributed by atoms with van der Waals surface area (Å²) in [6.07, 6.45) is -1.09. The standard InChI is InChI=1S/C17H14N2O7/c1-2-25-17(22)26-16(21)12-3-7-13(8-4-12)18-15(20)11-5-9-14(10-6-11)19(23)24/h3-10H,2H2,1H3,(H,18,20). The highest BCUT2D eigenvalue weighted by molar-refractivity contribution is 6.04. The van der Waals surface area contributed by atoms with Gasteiger partial charge in [-0.1, -0.05) is 0 Å². The van der Waals surface area contributed by atoms with Crippen LogP contribution < -0.4 is 5.32 Å². The third kappa shape index (κ3) is 4.87. The minimum absolute atomic E-state index is 0.0831. The normalized spacial score (nSPS) is 9.88. The molecule has 0 aliphatic carbocycles. The number of anilines is 1. The Morgan fingerprint density at radius 1 is 1.00 bits per heavy atom. The lowest BCUT2D eigenvalue weighted by molar-refractivity contribution is -0.384. The number of amides is 1. The Balaban J connectivity index is 2.00. The van der Waals surface area contributed by atoms with Crippen LogP contribution >= 0.6 is 0 Å². The molecule has 134 valence electrons. The third-order valence-corrected chi connectivity index (χ3v) is 3.16. The molecule has 0 unspecified atom stereocenters. The molecule has 9 nitrogen and oxygen atoms in total. The number of carbonyl (C=O) groups is 3. The molecule has 0 saturated heterocycles. The van der Waals surface area contributed by atoms with Crippen molar-refractivity contribution >= 4 is 29.4 Å². The highest BCUT2D eigenvalue weighted by atomic mass is 16.7. The molecular formula is C17H14N2O7. The molecule has 0 saturated carbocycles. The highest BCUT2D eigenvalue weighted by Crippen LogP contribution is 2.15. The number of nitrogens with zero attached hydrogens (tertiary/aromatic N) is 1. The Morgan fingerprint density at radius 3 is 2.12 bits per heavy atom. The molecule has 0 fully saturated rings. The molecule has 26 heavy (non-hydrogen) atoms. The maximum absolute atomic E-state index is 12.1. The van der Waals surface area contributed by atoms with Gasteiger partial charge in [-0.15, -0.1) is 0 Å². The molecule has 2 rings (SSSR count). The number of non-ortho nitro benzene ring substituents is 1. The zero-order chi connectivity index (χ0) is 19.1. The van der Waals surface area contributed by atoms with Crippen LogP contribution in [0.2, 0.25) is 0 Å². The molecule has 0 radical (unpaired) electrons. The van der Waals surface area contributed by atoms with Gasteiger partial charge in [0, 0.05) is 23.4 Å². The van der Waals surface area contributed by atoms with E-state index < -0.39 is 23.0 Å². The molecular weight excluding hydrogens is 344 g/mol.